The van der Waals surface area contributed by atoms with Gasteiger partial charge >= 0.3 is 11.9 Å². The molecule has 0 bridgehead atoms. The lowest BCUT2D eigenvalue weighted by atomic mass is 10.2. The first kappa shape index (κ1) is 31.3. The number of rotatable bonds is 4. The summed E-state index contributed by atoms with van der Waals surface area (Å²) < 4.78 is 0. The summed E-state index contributed by atoms with van der Waals surface area (Å²) >= 11 is 0. The summed E-state index contributed by atoms with van der Waals surface area (Å²) in [5.74, 6) is -1.97. The number of aliphatic carboxylic acids is 2. The van der Waals surface area contributed by atoms with Gasteiger partial charge in [0.05, 0.1) is 18.6 Å². The smallest absolute Gasteiger partial charge is 0.320 e. The van der Waals surface area contributed by atoms with Crippen molar-refractivity contribution in [3.63, 3.8) is 0 Å². The maximum absolute atomic E-state index is 10.3. The number of H-pyrrole nitrogens is 1. The summed E-state index contributed by atoms with van der Waals surface area (Å²) in [6.07, 6.45) is 3.38. The lowest BCUT2D eigenvalue weighted by molar-refractivity contribution is -0.138. The average molecular weight is 358 g/mol. The molecule has 9 N–H and O–H groups in total. The van der Waals surface area contributed by atoms with Crippen LogP contribution in [0.25, 0.3) is 0 Å². The molecule has 1 rings (SSSR count). The number of imidazole rings is 1. The molecule has 0 aliphatic rings. The van der Waals surface area contributed by atoms with E-state index in [-0.39, 0.29) is 55.7 Å². The van der Waals surface area contributed by atoms with Crippen LogP contribution >= 0.6 is 37.2 Å². The average Bonchev–Trinajstić information content (AvgIpc) is 2.71. The van der Waals surface area contributed by atoms with Gasteiger partial charge in [-0.2, -0.15) is 0 Å². The van der Waals surface area contributed by atoms with Crippen LogP contribution in [0.2, 0.25) is 0 Å². The number of hydrogen-bond acceptors (Lipinski definition) is 5. The molecule has 1 heterocycles. The summed E-state index contributed by atoms with van der Waals surface area (Å²) in [5.41, 5.74) is 10.5. The van der Waals surface area contributed by atoms with Crippen molar-refractivity contribution in [2.45, 2.75) is 12.5 Å². The fraction of sp³-hybridized carbons (Fsp3) is 0.375. The SMILES string of the molecule is Cl.Cl.Cl.NC(Cc1c[nH]cn1)C(=O)O.NCC(=O)O.O. The van der Waals surface area contributed by atoms with E-state index in [0.717, 1.165) is 0 Å². The summed E-state index contributed by atoms with van der Waals surface area (Å²) in [6, 6.07) is -0.863. The van der Waals surface area contributed by atoms with Crippen LogP contribution in [0.4, 0.5) is 0 Å². The number of aromatic amines is 1. The molecule has 1 aromatic heterocycles. The summed E-state index contributed by atoms with van der Waals surface area (Å²) in [4.78, 5) is 26.1. The topological polar surface area (TPSA) is 187 Å². The number of halogens is 3. The maximum Gasteiger partial charge on any atom is 0.320 e. The minimum absolute atomic E-state index is 0. The highest BCUT2D eigenvalue weighted by Gasteiger charge is 2.12. The molecule has 122 valence electrons. The first-order valence-electron chi connectivity index (χ1n) is 4.35. The Morgan fingerprint density at radius 1 is 1.30 bits per heavy atom. The second kappa shape index (κ2) is 17.9. The standard InChI is InChI=1S/C6H9N3O2.C2H5NO2.3ClH.H2O/c7-5(6(10)11)1-4-2-8-3-9-4;3-1-2(4)5;;;;/h2-3,5H,1,7H2,(H,8,9)(H,10,11);1,3H2,(H,4,5);3*1H;1H2. The fourth-order valence-corrected chi connectivity index (χ4v) is 0.715. The first-order valence-corrected chi connectivity index (χ1v) is 4.35. The Balaban J connectivity index is -0.0000000744. The van der Waals surface area contributed by atoms with Crippen molar-refractivity contribution in [2.24, 2.45) is 11.5 Å². The number of carboxylic acids is 2. The van der Waals surface area contributed by atoms with Crippen LogP contribution in [0.1, 0.15) is 5.69 Å². The highest BCUT2D eigenvalue weighted by Crippen LogP contribution is 1.95. The molecular formula is C8H19Cl3N4O5. The molecule has 1 atom stereocenters. The number of hydrogen-bond donors (Lipinski definition) is 5. The molecule has 0 saturated carbocycles. The van der Waals surface area contributed by atoms with Gasteiger partial charge in [-0.15, -0.1) is 37.2 Å². The van der Waals surface area contributed by atoms with Gasteiger partial charge < -0.3 is 32.1 Å². The van der Waals surface area contributed by atoms with Gasteiger partial charge in [0.25, 0.3) is 0 Å². The van der Waals surface area contributed by atoms with Gasteiger partial charge in [0, 0.05) is 12.6 Å². The van der Waals surface area contributed by atoms with Crippen LogP contribution in [0.5, 0.6) is 0 Å². The van der Waals surface area contributed by atoms with Crippen molar-refractivity contribution in [1.29, 1.82) is 0 Å². The Morgan fingerprint density at radius 3 is 2.00 bits per heavy atom. The number of nitrogens with two attached hydrogens (primary N) is 2. The normalized spacial score (nSPS) is 8.90. The molecule has 0 spiro atoms. The molecule has 9 nitrogen and oxygen atoms in total. The Labute approximate surface area is 133 Å². The van der Waals surface area contributed by atoms with E-state index in [9.17, 15) is 9.59 Å². The molecule has 1 unspecified atom stereocenters. The van der Waals surface area contributed by atoms with Crippen molar-refractivity contribution in [1.82, 2.24) is 9.97 Å². The first-order chi connectivity index (χ1) is 7.47. The number of nitrogens with zero attached hydrogens (tertiary/aromatic N) is 1. The lowest BCUT2D eigenvalue weighted by Crippen LogP contribution is -2.32. The van der Waals surface area contributed by atoms with Crippen LogP contribution < -0.4 is 11.5 Å². The van der Waals surface area contributed by atoms with E-state index in [1.165, 1.54) is 6.33 Å². The van der Waals surface area contributed by atoms with Crippen molar-refractivity contribution < 1.29 is 25.3 Å². The second-order valence-corrected chi connectivity index (χ2v) is 2.81. The second-order valence-electron chi connectivity index (χ2n) is 2.81. The highest BCUT2D eigenvalue weighted by molar-refractivity contribution is 5.86. The largest absolute Gasteiger partial charge is 0.480 e. The summed E-state index contributed by atoms with van der Waals surface area (Å²) in [6.45, 7) is -0.278. The third-order valence-corrected chi connectivity index (χ3v) is 1.48. The zero-order valence-corrected chi connectivity index (χ0v) is 12.6. The molecule has 0 aromatic carbocycles. The number of aromatic nitrogens is 2. The third kappa shape index (κ3) is 16.9. The van der Waals surface area contributed by atoms with E-state index in [1.807, 2.05) is 0 Å². The van der Waals surface area contributed by atoms with Crippen molar-refractivity contribution >= 4 is 49.2 Å². The zero-order valence-electron chi connectivity index (χ0n) is 10.2. The fourth-order valence-electron chi connectivity index (χ4n) is 0.715. The van der Waals surface area contributed by atoms with E-state index in [4.69, 9.17) is 15.9 Å². The quantitative estimate of drug-likeness (QED) is 0.449. The summed E-state index contributed by atoms with van der Waals surface area (Å²) in [5, 5.41) is 16.0. The van der Waals surface area contributed by atoms with Gasteiger partial charge in [-0.05, 0) is 0 Å². The minimum atomic E-state index is -1.01. The van der Waals surface area contributed by atoms with Gasteiger partial charge in [-0.1, -0.05) is 0 Å². The molecule has 0 saturated heterocycles. The molecule has 1 aromatic rings. The Kier molecular flexibility index (Phi) is 28.1. The van der Waals surface area contributed by atoms with Crippen LogP contribution in [0.3, 0.4) is 0 Å². The Hall–Kier alpha value is -1.10. The highest BCUT2D eigenvalue weighted by atomic mass is 35.5. The molecule has 12 heteroatoms. The minimum Gasteiger partial charge on any atom is -0.480 e. The van der Waals surface area contributed by atoms with Crippen molar-refractivity contribution in [3.05, 3.63) is 18.2 Å². The molecule has 0 radical (unpaired) electrons. The van der Waals surface area contributed by atoms with Gasteiger partial charge in [-0.3, -0.25) is 9.59 Å². The van der Waals surface area contributed by atoms with Gasteiger partial charge in [0.2, 0.25) is 0 Å². The van der Waals surface area contributed by atoms with Crippen LogP contribution in [0, 0.1) is 0 Å². The number of nitrogens with one attached hydrogen (secondary N) is 1. The van der Waals surface area contributed by atoms with Crippen LogP contribution in [-0.2, 0) is 16.0 Å². The van der Waals surface area contributed by atoms with Crippen molar-refractivity contribution in [2.75, 3.05) is 6.54 Å². The van der Waals surface area contributed by atoms with E-state index in [0.29, 0.717) is 5.69 Å². The molecular weight excluding hydrogens is 338 g/mol. The lowest BCUT2D eigenvalue weighted by Gasteiger charge is -2.01. The van der Waals surface area contributed by atoms with Gasteiger partial charge in [0.1, 0.15) is 6.04 Å². The van der Waals surface area contributed by atoms with Crippen LogP contribution in [0.15, 0.2) is 12.5 Å². The monoisotopic (exact) mass is 356 g/mol. The summed E-state index contributed by atoms with van der Waals surface area (Å²) in [7, 11) is 0. The zero-order chi connectivity index (χ0) is 12.6. The van der Waals surface area contributed by atoms with Crippen molar-refractivity contribution in [3.8, 4) is 0 Å². The predicted molar refractivity (Wildman–Crippen MR) is 80.0 cm³/mol. The van der Waals surface area contributed by atoms with E-state index in [2.05, 4.69) is 15.7 Å². The van der Waals surface area contributed by atoms with E-state index in [1.54, 1.807) is 6.20 Å². The number of carbonyl (C=O) groups is 2. The Bertz CT molecular complexity index is 339. The maximum atomic E-state index is 10.3. The molecule has 0 aliphatic heterocycles. The molecule has 0 fully saturated rings. The molecule has 20 heavy (non-hydrogen) atoms. The number of carboxylic acid groups (broad SMARTS) is 2. The van der Waals surface area contributed by atoms with E-state index < -0.39 is 18.0 Å². The Morgan fingerprint density at radius 2 is 1.75 bits per heavy atom. The molecule has 0 aliphatic carbocycles. The third-order valence-electron chi connectivity index (χ3n) is 1.48. The molecule has 0 amide bonds. The van der Waals surface area contributed by atoms with Gasteiger partial charge in [-0.25, -0.2) is 4.98 Å². The van der Waals surface area contributed by atoms with E-state index >= 15 is 0 Å². The van der Waals surface area contributed by atoms with Crippen LogP contribution in [-0.4, -0.2) is 50.2 Å². The predicted octanol–water partition coefficient (Wildman–Crippen LogP) is -1.17. The van der Waals surface area contributed by atoms with Gasteiger partial charge in [0.15, 0.2) is 0 Å².